The number of piperidine rings is 1. The van der Waals surface area contributed by atoms with E-state index in [1.165, 1.54) is 13.5 Å². The van der Waals surface area contributed by atoms with Gasteiger partial charge in [0.15, 0.2) is 0 Å². The molecule has 1 aromatic rings. The minimum absolute atomic E-state index is 0.219. The normalized spacial score (nSPS) is 18.2. The van der Waals surface area contributed by atoms with Gasteiger partial charge in [-0.15, -0.1) is 0 Å². The van der Waals surface area contributed by atoms with E-state index in [0.29, 0.717) is 12.3 Å². The summed E-state index contributed by atoms with van der Waals surface area (Å²) in [6.45, 7) is 5.07. The lowest BCUT2D eigenvalue weighted by molar-refractivity contribution is -0.122. The molecule has 1 heterocycles. The van der Waals surface area contributed by atoms with Crippen LogP contribution in [-0.4, -0.2) is 58.2 Å². The number of nitrogens with zero attached hydrogens (tertiary/aromatic N) is 1. The van der Waals surface area contributed by atoms with Crippen molar-refractivity contribution in [2.45, 2.75) is 44.0 Å². The molecule has 1 aromatic carbocycles. The van der Waals surface area contributed by atoms with Crippen molar-refractivity contribution in [3.05, 3.63) is 23.3 Å². The maximum Gasteiger partial charge on any atom is 0.290 e. The third kappa shape index (κ3) is 5.98. The average molecular weight is 372 g/mol. The molecule has 0 bridgehead atoms. The van der Waals surface area contributed by atoms with E-state index in [0.717, 1.165) is 30.5 Å². The van der Waals surface area contributed by atoms with Gasteiger partial charge < -0.3 is 14.7 Å². The topological polar surface area (TPSA) is 95.9 Å². The number of carboxylic acid groups (broad SMARTS) is 1. The Labute approximate surface area is 150 Å². The van der Waals surface area contributed by atoms with E-state index in [2.05, 4.69) is 16.7 Å². The maximum absolute atomic E-state index is 12.6. The average Bonchev–Trinajstić information content (AvgIpc) is 2.57. The SMILES string of the molecule is COc1cc(C)c(C)cc1S(=O)(=O)NCC1CCCCN1C.O=CO. The third-order valence-electron chi connectivity index (χ3n) is 4.50. The van der Waals surface area contributed by atoms with Crippen LogP contribution < -0.4 is 9.46 Å². The summed E-state index contributed by atoms with van der Waals surface area (Å²) in [7, 11) is -0.0184. The number of nitrogens with one attached hydrogen (secondary N) is 1. The molecule has 142 valence electrons. The summed E-state index contributed by atoms with van der Waals surface area (Å²) in [5.74, 6) is 0.396. The van der Waals surface area contributed by atoms with Crippen molar-refractivity contribution in [2.24, 2.45) is 0 Å². The lowest BCUT2D eigenvalue weighted by Gasteiger charge is -2.32. The number of aryl methyl sites for hydroxylation is 2. The Morgan fingerprint density at radius 1 is 1.32 bits per heavy atom. The molecule has 0 saturated carbocycles. The molecule has 2 rings (SSSR count). The van der Waals surface area contributed by atoms with Crippen LogP contribution in [0, 0.1) is 13.8 Å². The number of hydrogen-bond acceptors (Lipinski definition) is 5. The molecule has 0 spiro atoms. The molecular weight excluding hydrogens is 344 g/mol. The molecule has 1 atom stereocenters. The fourth-order valence-electron chi connectivity index (χ4n) is 2.82. The van der Waals surface area contributed by atoms with Gasteiger partial charge >= 0.3 is 0 Å². The van der Waals surface area contributed by atoms with Gasteiger partial charge in [0, 0.05) is 12.6 Å². The van der Waals surface area contributed by atoms with Crippen LogP contribution in [0.25, 0.3) is 0 Å². The molecule has 0 amide bonds. The minimum atomic E-state index is -3.57. The first kappa shape index (κ1) is 21.4. The zero-order valence-electron chi connectivity index (χ0n) is 15.3. The van der Waals surface area contributed by atoms with E-state index in [4.69, 9.17) is 14.6 Å². The van der Waals surface area contributed by atoms with Gasteiger partial charge in [0.25, 0.3) is 6.47 Å². The number of carbonyl (C=O) groups is 1. The molecule has 1 unspecified atom stereocenters. The van der Waals surface area contributed by atoms with Crippen molar-refractivity contribution >= 4 is 16.5 Å². The second kappa shape index (κ2) is 9.74. The van der Waals surface area contributed by atoms with E-state index in [1.54, 1.807) is 12.1 Å². The number of ether oxygens (including phenoxy) is 1. The number of hydrogen-bond donors (Lipinski definition) is 2. The van der Waals surface area contributed by atoms with Crippen LogP contribution >= 0.6 is 0 Å². The summed E-state index contributed by atoms with van der Waals surface area (Å²) in [4.78, 5) is 10.8. The first-order chi connectivity index (χ1) is 11.8. The van der Waals surface area contributed by atoms with E-state index < -0.39 is 10.0 Å². The first-order valence-electron chi connectivity index (χ1n) is 8.19. The number of rotatable bonds is 5. The summed E-state index contributed by atoms with van der Waals surface area (Å²) in [5.41, 5.74) is 1.96. The lowest BCUT2D eigenvalue weighted by Crippen LogP contribution is -2.44. The van der Waals surface area contributed by atoms with E-state index in [1.807, 2.05) is 13.8 Å². The third-order valence-corrected chi connectivity index (χ3v) is 5.94. The summed E-state index contributed by atoms with van der Waals surface area (Å²) in [6.07, 6.45) is 3.37. The van der Waals surface area contributed by atoms with Crippen molar-refractivity contribution in [3.63, 3.8) is 0 Å². The van der Waals surface area contributed by atoms with Crippen LogP contribution in [0.15, 0.2) is 17.0 Å². The Morgan fingerprint density at radius 3 is 2.48 bits per heavy atom. The molecule has 1 aliphatic rings. The summed E-state index contributed by atoms with van der Waals surface area (Å²) >= 11 is 0. The Kier molecular flexibility index (Phi) is 8.34. The van der Waals surface area contributed by atoms with Crippen molar-refractivity contribution in [1.82, 2.24) is 9.62 Å². The predicted molar refractivity (Wildman–Crippen MR) is 96.6 cm³/mol. The number of benzene rings is 1. The lowest BCUT2D eigenvalue weighted by atomic mass is 10.0. The highest BCUT2D eigenvalue weighted by atomic mass is 32.2. The molecule has 8 heteroatoms. The fourth-order valence-corrected chi connectivity index (χ4v) is 4.12. The van der Waals surface area contributed by atoms with Crippen molar-refractivity contribution in [1.29, 1.82) is 0 Å². The second-order valence-electron chi connectivity index (χ2n) is 6.17. The summed E-state index contributed by atoms with van der Waals surface area (Å²) < 4.78 is 33.2. The van der Waals surface area contributed by atoms with Gasteiger partial charge in [0.05, 0.1) is 7.11 Å². The van der Waals surface area contributed by atoms with Crippen LogP contribution in [0.2, 0.25) is 0 Å². The van der Waals surface area contributed by atoms with Crippen molar-refractivity contribution in [2.75, 3.05) is 27.2 Å². The standard InChI is InChI=1S/C16H26N2O3S.CH2O2/c1-12-9-15(21-4)16(10-13(12)2)22(19,20)17-11-14-7-5-6-8-18(14)3;2-1-3/h9-10,14,17H,5-8,11H2,1-4H3;1H,(H,2,3). The van der Waals surface area contributed by atoms with Gasteiger partial charge in [-0.2, -0.15) is 0 Å². The Bertz CT molecular complexity index is 676. The zero-order valence-corrected chi connectivity index (χ0v) is 16.1. The molecule has 25 heavy (non-hydrogen) atoms. The van der Waals surface area contributed by atoms with E-state index >= 15 is 0 Å². The molecule has 1 aliphatic heterocycles. The molecule has 7 nitrogen and oxygen atoms in total. The van der Waals surface area contributed by atoms with E-state index in [9.17, 15) is 8.42 Å². The number of methoxy groups -OCH3 is 1. The van der Waals surface area contributed by atoms with Crippen LogP contribution in [0.1, 0.15) is 30.4 Å². The van der Waals surface area contributed by atoms with Crippen LogP contribution in [0.3, 0.4) is 0 Å². The minimum Gasteiger partial charge on any atom is -0.495 e. The summed E-state index contributed by atoms with van der Waals surface area (Å²) in [5, 5.41) is 6.89. The smallest absolute Gasteiger partial charge is 0.290 e. The number of likely N-dealkylation sites (tertiary alicyclic amines) is 1. The van der Waals surface area contributed by atoms with Gasteiger partial charge in [-0.05, 0) is 63.5 Å². The number of likely N-dealkylation sites (N-methyl/N-ethyl adjacent to an activating group) is 1. The first-order valence-corrected chi connectivity index (χ1v) is 9.68. The van der Waals surface area contributed by atoms with Crippen molar-refractivity contribution < 1.29 is 23.1 Å². The van der Waals surface area contributed by atoms with Crippen molar-refractivity contribution in [3.8, 4) is 5.75 Å². The molecule has 1 saturated heterocycles. The quantitative estimate of drug-likeness (QED) is 0.765. The Morgan fingerprint density at radius 2 is 1.92 bits per heavy atom. The van der Waals surface area contributed by atoms with Crippen LogP contribution in [-0.2, 0) is 14.8 Å². The summed E-state index contributed by atoms with van der Waals surface area (Å²) in [6, 6.07) is 3.72. The van der Waals surface area contributed by atoms with Gasteiger partial charge in [-0.3, -0.25) is 4.79 Å². The Balaban J connectivity index is 0.000000970. The molecule has 2 N–H and O–H groups in total. The van der Waals surface area contributed by atoms with Gasteiger partial charge in [0.1, 0.15) is 10.6 Å². The maximum atomic E-state index is 12.6. The molecular formula is C17H28N2O5S. The molecule has 0 aliphatic carbocycles. The van der Waals surface area contributed by atoms with E-state index in [-0.39, 0.29) is 17.4 Å². The van der Waals surface area contributed by atoms with Crippen LogP contribution in [0.4, 0.5) is 0 Å². The monoisotopic (exact) mass is 372 g/mol. The molecule has 1 fully saturated rings. The van der Waals surface area contributed by atoms with Gasteiger partial charge in [-0.25, -0.2) is 13.1 Å². The largest absolute Gasteiger partial charge is 0.495 e. The molecule has 0 aromatic heterocycles. The second-order valence-corrected chi connectivity index (χ2v) is 7.91. The number of sulfonamides is 1. The van der Waals surface area contributed by atoms with Gasteiger partial charge in [-0.1, -0.05) is 6.42 Å². The van der Waals surface area contributed by atoms with Crippen LogP contribution in [0.5, 0.6) is 5.75 Å². The highest BCUT2D eigenvalue weighted by molar-refractivity contribution is 7.89. The van der Waals surface area contributed by atoms with Gasteiger partial charge in [0.2, 0.25) is 10.0 Å². The Hall–Kier alpha value is -1.64. The highest BCUT2D eigenvalue weighted by Gasteiger charge is 2.24. The predicted octanol–water partition coefficient (Wildman–Crippen LogP) is 1.78. The highest BCUT2D eigenvalue weighted by Crippen LogP contribution is 2.27. The fraction of sp³-hybridized carbons (Fsp3) is 0.588. The zero-order chi connectivity index (χ0) is 19.0. The molecule has 0 radical (unpaired) electrons.